The maximum Gasteiger partial charge on any atom is 0.244 e. The van der Waals surface area contributed by atoms with Gasteiger partial charge in [0.25, 0.3) is 0 Å². The first kappa shape index (κ1) is 23.5. The van der Waals surface area contributed by atoms with Crippen LogP contribution < -0.4 is 4.72 Å². The van der Waals surface area contributed by atoms with Gasteiger partial charge in [-0.2, -0.15) is 4.72 Å². The minimum absolute atomic E-state index is 0.324. The van der Waals surface area contributed by atoms with Crippen molar-refractivity contribution < 1.29 is 17.6 Å². The van der Waals surface area contributed by atoms with Gasteiger partial charge >= 0.3 is 0 Å². The summed E-state index contributed by atoms with van der Waals surface area (Å²) in [6.07, 6.45) is 0. The van der Waals surface area contributed by atoms with Gasteiger partial charge in [0.05, 0.1) is 11.7 Å². The Morgan fingerprint density at radius 1 is 1.09 bits per heavy atom. The molecule has 1 aliphatic rings. The molecule has 174 valence electrons. The van der Waals surface area contributed by atoms with Gasteiger partial charge in [0, 0.05) is 43.7 Å². The second-order valence-electron chi connectivity index (χ2n) is 7.88. The molecule has 1 aliphatic heterocycles. The number of nitrogens with zero attached hydrogens (tertiary/aromatic N) is 3. The van der Waals surface area contributed by atoms with Crippen molar-refractivity contribution in [3.63, 3.8) is 0 Å². The number of nitrogens with one attached hydrogen (secondary N) is 1. The summed E-state index contributed by atoms with van der Waals surface area (Å²) in [5.74, 6) is -1.18. The van der Waals surface area contributed by atoms with Crippen LogP contribution in [-0.2, 0) is 21.4 Å². The number of piperazine rings is 1. The van der Waals surface area contributed by atoms with E-state index in [9.17, 15) is 17.6 Å². The Morgan fingerprint density at radius 3 is 2.45 bits per heavy atom. The molecule has 0 spiro atoms. The number of carbonyl (C=O) groups excluding carboxylic acids is 1. The number of carbonyl (C=O) groups is 1. The second-order valence-corrected chi connectivity index (χ2v) is 10.4. The molecular formula is C23H25FN4O3S2. The van der Waals surface area contributed by atoms with Crippen LogP contribution in [0, 0.1) is 5.82 Å². The van der Waals surface area contributed by atoms with Gasteiger partial charge < -0.3 is 4.90 Å². The Bertz CT molecular complexity index is 1210. The summed E-state index contributed by atoms with van der Waals surface area (Å²) in [6.45, 7) is 4.47. The second kappa shape index (κ2) is 10.1. The molecule has 0 saturated carbocycles. The van der Waals surface area contributed by atoms with E-state index in [1.165, 1.54) is 25.1 Å². The highest BCUT2D eigenvalue weighted by atomic mass is 32.2. The first-order chi connectivity index (χ1) is 15.8. The Hall–Kier alpha value is -2.66. The van der Waals surface area contributed by atoms with Gasteiger partial charge in [0.15, 0.2) is 0 Å². The van der Waals surface area contributed by atoms with Crippen LogP contribution in [0.15, 0.2) is 64.9 Å². The maximum absolute atomic E-state index is 13.9. The fourth-order valence-electron chi connectivity index (χ4n) is 3.73. The van der Waals surface area contributed by atoms with Crippen LogP contribution in [0.5, 0.6) is 0 Å². The first-order valence-corrected chi connectivity index (χ1v) is 13.0. The molecule has 1 N–H and O–H groups in total. The number of benzene rings is 2. The summed E-state index contributed by atoms with van der Waals surface area (Å²) in [5.41, 5.74) is 2.08. The van der Waals surface area contributed by atoms with Crippen LogP contribution >= 0.6 is 11.3 Å². The Labute approximate surface area is 196 Å². The molecule has 0 aliphatic carbocycles. The predicted octanol–water partition coefficient (Wildman–Crippen LogP) is 2.96. The van der Waals surface area contributed by atoms with Crippen LogP contribution in [0.2, 0.25) is 0 Å². The van der Waals surface area contributed by atoms with Gasteiger partial charge in [-0.25, -0.2) is 17.8 Å². The molecule has 0 unspecified atom stereocenters. The Balaban J connectivity index is 1.30. The van der Waals surface area contributed by atoms with Crippen LogP contribution in [-0.4, -0.2) is 61.3 Å². The third-order valence-electron chi connectivity index (χ3n) is 5.47. The molecule has 33 heavy (non-hydrogen) atoms. The number of halogens is 1. The van der Waals surface area contributed by atoms with E-state index in [0.29, 0.717) is 32.7 Å². The number of rotatable bonds is 7. The highest BCUT2D eigenvalue weighted by Gasteiger charge is 2.29. The molecule has 1 fully saturated rings. The summed E-state index contributed by atoms with van der Waals surface area (Å²) >= 11 is 1.61. The molecular weight excluding hydrogens is 463 g/mol. The number of hydrogen-bond donors (Lipinski definition) is 1. The molecule has 1 aromatic heterocycles. The molecule has 3 aromatic rings. The van der Waals surface area contributed by atoms with Crippen molar-refractivity contribution in [1.82, 2.24) is 19.5 Å². The van der Waals surface area contributed by atoms with Gasteiger partial charge in [-0.1, -0.05) is 42.5 Å². The number of amides is 1. The Morgan fingerprint density at radius 2 is 1.76 bits per heavy atom. The van der Waals surface area contributed by atoms with Gasteiger partial charge in [-0.3, -0.25) is 9.69 Å². The molecule has 7 nitrogen and oxygen atoms in total. The van der Waals surface area contributed by atoms with Crippen LogP contribution in [0.4, 0.5) is 4.39 Å². The molecule has 2 aromatic carbocycles. The Kier molecular flexibility index (Phi) is 7.18. The minimum atomic E-state index is -4.14. The molecule has 0 bridgehead atoms. The van der Waals surface area contributed by atoms with Gasteiger partial charge in [0.2, 0.25) is 15.9 Å². The maximum atomic E-state index is 13.9. The number of aromatic nitrogens is 1. The fraction of sp³-hybridized carbons (Fsp3) is 0.304. The molecule has 1 saturated heterocycles. The molecule has 2 heterocycles. The number of sulfonamides is 1. The van der Waals surface area contributed by atoms with Crippen LogP contribution in [0.1, 0.15) is 12.6 Å². The fourth-order valence-corrected chi connectivity index (χ4v) is 5.82. The quantitative estimate of drug-likeness (QED) is 0.553. The lowest BCUT2D eigenvalue weighted by molar-refractivity contribution is -0.134. The van der Waals surface area contributed by atoms with E-state index in [-0.39, 0.29) is 5.91 Å². The van der Waals surface area contributed by atoms with Crippen LogP contribution in [0.3, 0.4) is 0 Å². The smallest absolute Gasteiger partial charge is 0.244 e. The number of hydrogen-bond acceptors (Lipinski definition) is 6. The topological polar surface area (TPSA) is 82.6 Å². The van der Waals surface area contributed by atoms with E-state index in [1.807, 2.05) is 30.3 Å². The molecule has 0 radical (unpaired) electrons. The van der Waals surface area contributed by atoms with Crippen molar-refractivity contribution in [2.75, 3.05) is 26.2 Å². The zero-order chi connectivity index (χ0) is 23.4. The highest BCUT2D eigenvalue weighted by Crippen LogP contribution is 2.24. The minimum Gasteiger partial charge on any atom is -0.339 e. The van der Waals surface area contributed by atoms with Gasteiger partial charge in [-0.15, -0.1) is 11.3 Å². The van der Waals surface area contributed by atoms with Gasteiger partial charge in [0.1, 0.15) is 15.7 Å². The summed E-state index contributed by atoms with van der Waals surface area (Å²) in [6, 6.07) is 14.1. The largest absolute Gasteiger partial charge is 0.339 e. The average Bonchev–Trinajstić information content (AvgIpc) is 3.28. The van der Waals surface area contributed by atoms with E-state index < -0.39 is 26.8 Å². The molecule has 10 heteroatoms. The average molecular weight is 489 g/mol. The third-order valence-corrected chi connectivity index (χ3v) is 7.98. The van der Waals surface area contributed by atoms with Crippen molar-refractivity contribution in [3.8, 4) is 10.6 Å². The zero-order valence-corrected chi connectivity index (χ0v) is 19.8. The monoisotopic (exact) mass is 488 g/mol. The van der Waals surface area contributed by atoms with Crippen molar-refractivity contribution in [1.29, 1.82) is 0 Å². The van der Waals surface area contributed by atoms with Crippen molar-refractivity contribution in [2.24, 2.45) is 0 Å². The molecule has 1 atom stereocenters. The van der Waals surface area contributed by atoms with Crippen LogP contribution in [0.25, 0.3) is 10.6 Å². The predicted molar refractivity (Wildman–Crippen MR) is 126 cm³/mol. The lowest BCUT2D eigenvalue weighted by Crippen LogP contribution is -2.53. The zero-order valence-electron chi connectivity index (χ0n) is 18.1. The van der Waals surface area contributed by atoms with Crippen molar-refractivity contribution in [2.45, 2.75) is 24.4 Å². The van der Waals surface area contributed by atoms with E-state index in [1.54, 1.807) is 16.2 Å². The molecule has 1 amide bonds. The summed E-state index contributed by atoms with van der Waals surface area (Å²) in [4.78, 5) is 20.9. The number of thiazole rings is 1. The highest BCUT2D eigenvalue weighted by molar-refractivity contribution is 7.89. The first-order valence-electron chi connectivity index (χ1n) is 10.6. The van der Waals surface area contributed by atoms with Gasteiger partial charge in [-0.05, 0) is 19.1 Å². The van der Waals surface area contributed by atoms with Crippen molar-refractivity contribution in [3.05, 3.63) is 71.5 Å². The lowest BCUT2D eigenvalue weighted by atomic mass is 10.2. The normalized spacial score (nSPS) is 16.0. The SMILES string of the molecule is C[C@H](NS(=O)(=O)c1ccccc1F)C(=O)N1CCN(Cc2csc(-c3ccccc3)n2)CC1. The van der Waals surface area contributed by atoms with E-state index in [4.69, 9.17) is 4.98 Å². The van der Waals surface area contributed by atoms with E-state index >= 15 is 0 Å². The lowest BCUT2D eigenvalue weighted by Gasteiger charge is -2.35. The van der Waals surface area contributed by atoms with E-state index in [2.05, 4.69) is 15.0 Å². The van der Waals surface area contributed by atoms with E-state index in [0.717, 1.165) is 22.3 Å². The third kappa shape index (κ3) is 5.64. The summed E-state index contributed by atoms with van der Waals surface area (Å²) in [5, 5.41) is 3.04. The summed E-state index contributed by atoms with van der Waals surface area (Å²) < 4.78 is 41.1. The standard InChI is InChI=1S/C23H25FN4O3S2/c1-17(26-33(30,31)21-10-6-5-9-20(21)24)23(29)28-13-11-27(12-14-28)15-19-16-32-22(25-19)18-7-3-2-4-8-18/h2-10,16-17,26H,11-15H2,1H3/t17-/m0/s1. The summed E-state index contributed by atoms with van der Waals surface area (Å²) in [7, 11) is -4.14. The van der Waals surface area contributed by atoms with Crippen molar-refractivity contribution >= 4 is 27.3 Å². The molecule has 4 rings (SSSR count).